The highest BCUT2D eigenvalue weighted by molar-refractivity contribution is 5.28. The molecule has 5 N–H and O–H groups in total. The maximum atomic E-state index is 10.9. The fraction of sp³-hybridized carbons (Fsp3) is 0.667. The second-order valence-electron chi connectivity index (χ2n) is 3.97. The Hall–Kier alpha value is -1.47. The SMILES string of the molecule is O=c1nc(NCC[NH+]2CC[NH2+]CC2)cn[nH]1. The van der Waals surface area contributed by atoms with Crippen molar-refractivity contribution in [3.8, 4) is 0 Å². The van der Waals surface area contributed by atoms with Crippen LogP contribution in [0.15, 0.2) is 11.0 Å². The zero-order valence-corrected chi connectivity index (χ0v) is 9.20. The lowest BCUT2D eigenvalue weighted by atomic mass is 10.3. The van der Waals surface area contributed by atoms with Gasteiger partial charge in [-0.3, -0.25) is 0 Å². The predicted molar refractivity (Wildman–Crippen MR) is 58.4 cm³/mol. The van der Waals surface area contributed by atoms with Crippen LogP contribution in [0.3, 0.4) is 0 Å². The molecule has 0 aliphatic carbocycles. The lowest BCUT2D eigenvalue weighted by Crippen LogP contribution is -3.20. The summed E-state index contributed by atoms with van der Waals surface area (Å²) in [6, 6.07) is 0. The van der Waals surface area contributed by atoms with Crippen LogP contribution in [-0.2, 0) is 0 Å². The number of hydrogen-bond acceptors (Lipinski definition) is 4. The third-order valence-corrected chi connectivity index (χ3v) is 2.76. The average molecular weight is 226 g/mol. The first-order chi connectivity index (χ1) is 7.84. The molecule has 7 heteroatoms. The Balaban J connectivity index is 1.73. The largest absolute Gasteiger partial charge is 0.363 e. The second kappa shape index (κ2) is 5.57. The van der Waals surface area contributed by atoms with Crippen LogP contribution in [0.1, 0.15) is 0 Å². The number of hydrogen-bond donors (Lipinski definition) is 4. The summed E-state index contributed by atoms with van der Waals surface area (Å²) in [6.45, 7) is 6.72. The Bertz CT molecular complexity index is 372. The minimum Gasteiger partial charge on any atom is -0.363 e. The minimum atomic E-state index is -0.412. The molecule has 2 rings (SSSR count). The summed E-state index contributed by atoms with van der Waals surface area (Å²) in [5.74, 6) is 0.548. The first-order valence-electron chi connectivity index (χ1n) is 5.65. The van der Waals surface area contributed by atoms with Gasteiger partial charge in [-0.05, 0) is 0 Å². The van der Waals surface area contributed by atoms with Crippen molar-refractivity contribution in [2.75, 3.05) is 44.6 Å². The number of aromatic nitrogens is 3. The van der Waals surface area contributed by atoms with Gasteiger partial charge in [0.25, 0.3) is 0 Å². The topological polar surface area (TPSA) is 91.7 Å². The third-order valence-electron chi connectivity index (χ3n) is 2.76. The summed E-state index contributed by atoms with van der Waals surface area (Å²) in [5, 5.41) is 11.4. The molecular weight excluding hydrogens is 208 g/mol. The van der Waals surface area contributed by atoms with E-state index in [4.69, 9.17) is 0 Å². The van der Waals surface area contributed by atoms with Crippen LogP contribution in [0.5, 0.6) is 0 Å². The van der Waals surface area contributed by atoms with Crippen molar-refractivity contribution in [3.05, 3.63) is 16.7 Å². The second-order valence-corrected chi connectivity index (χ2v) is 3.97. The van der Waals surface area contributed by atoms with Crippen molar-refractivity contribution < 1.29 is 10.2 Å². The quantitative estimate of drug-likeness (QED) is 0.421. The van der Waals surface area contributed by atoms with Gasteiger partial charge in [0.05, 0.1) is 19.3 Å². The lowest BCUT2D eigenvalue weighted by Gasteiger charge is -2.22. The number of nitrogens with zero attached hydrogens (tertiary/aromatic N) is 2. The molecule has 7 nitrogen and oxygen atoms in total. The molecule has 0 aromatic carbocycles. The molecular formula is C9H18N6O+2. The molecule has 0 amide bonds. The normalized spacial score (nSPS) is 17.2. The highest BCUT2D eigenvalue weighted by Gasteiger charge is 2.14. The van der Waals surface area contributed by atoms with E-state index in [0.717, 1.165) is 13.1 Å². The summed E-state index contributed by atoms with van der Waals surface area (Å²) in [7, 11) is 0. The number of H-pyrrole nitrogens is 1. The van der Waals surface area contributed by atoms with Gasteiger partial charge in [0.2, 0.25) is 0 Å². The van der Waals surface area contributed by atoms with Crippen molar-refractivity contribution in [2.45, 2.75) is 0 Å². The van der Waals surface area contributed by atoms with Crippen molar-refractivity contribution in [1.29, 1.82) is 0 Å². The summed E-state index contributed by atoms with van der Waals surface area (Å²) < 4.78 is 0. The van der Waals surface area contributed by atoms with Crippen molar-refractivity contribution in [1.82, 2.24) is 15.2 Å². The van der Waals surface area contributed by atoms with E-state index in [-0.39, 0.29) is 0 Å². The van der Waals surface area contributed by atoms with Crippen LogP contribution in [0, 0.1) is 0 Å². The molecule has 1 fully saturated rings. The van der Waals surface area contributed by atoms with Crippen LogP contribution in [0.25, 0.3) is 0 Å². The van der Waals surface area contributed by atoms with Crippen LogP contribution < -0.4 is 21.2 Å². The smallest absolute Gasteiger partial charge is 0.363 e. The molecule has 88 valence electrons. The lowest BCUT2D eigenvalue weighted by molar-refractivity contribution is -0.945. The maximum Gasteiger partial charge on any atom is 0.363 e. The Morgan fingerprint density at radius 1 is 1.50 bits per heavy atom. The number of nitrogens with two attached hydrogens (primary N) is 1. The van der Waals surface area contributed by atoms with E-state index < -0.39 is 5.69 Å². The number of quaternary nitrogens is 2. The highest BCUT2D eigenvalue weighted by Crippen LogP contribution is 1.90. The molecule has 0 saturated carbocycles. The average Bonchev–Trinajstić information content (AvgIpc) is 2.30. The summed E-state index contributed by atoms with van der Waals surface area (Å²) in [6.07, 6.45) is 1.53. The highest BCUT2D eigenvalue weighted by atomic mass is 16.1. The van der Waals surface area contributed by atoms with E-state index >= 15 is 0 Å². The van der Waals surface area contributed by atoms with Gasteiger partial charge in [-0.1, -0.05) is 0 Å². The van der Waals surface area contributed by atoms with Crippen molar-refractivity contribution in [2.24, 2.45) is 0 Å². The first kappa shape index (κ1) is 11.0. The first-order valence-corrected chi connectivity index (χ1v) is 5.65. The molecule has 1 aliphatic heterocycles. The molecule has 2 heterocycles. The van der Waals surface area contributed by atoms with E-state index in [2.05, 4.69) is 25.8 Å². The number of rotatable bonds is 4. The van der Waals surface area contributed by atoms with E-state index in [9.17, 15) is 4.79 Å². The standard InChI is InChI=1S/C9H16N6O/c16-9-13-8(7-12-14-9)11-3-6-15-4-1-10-2-5-15/h7,10H,1-6H2,(H2,11,13,14,16)/p+2. The fourth-order valence-corrected chi connectivity index (χ4v) is 1.90. The van der Waals surface area contributed by atoms with Crippen LogP contribution >= 0.6 is 0 Å². The number of nitrogens with one attached hydrogen (secondary N) is 3. The van der Waals surface area contributed by atoms with Crippen LogP contribution in [0.4, 0.5) is 5.82 Å². The minimum absolute atomic E-state index is 0.412. The fourth-order valence-electron chi connectivity index (χ4n) is 1.90. The molecule has 16 heavy (non-hydrogen) atoms. The molecule has 1 aromatic rings. The monoisotopic (exact) mass is 226 g/mol. The summed E-state index contributed by atoms with van der Waals surface area (Å²) >= 11 is 0. The Kier molecular flexibility index (Phi) is 3.84. The number of anilines is 1. The molecule has 0 bridgehead atoms. The van der Waals surface area contributed by atoms with Crippen molar-refractivity contribution in [3.63, 3.8) is 0 Å². The maximum absolute atomic E-state index is 10.9. The Morgan fingerprint density at radius 2 is 2.31 bits per heavy atom. The van der Waals surface area contributed by atoms with Gasteiger partial charge in [0, 0.05) is 0 Å². The molecule has 1 aliphatic rings. The van der Waals surface area contributed by atoms with E-state index in [1.165, 1.54) is 32.4 Å². The van der Waals surface area contributed by atoms with Gasteiger partial charge in [0.15, 0.2) is 5.82 Å². The van der Waals surface area contributed by atoms with E-state index in [1.807, 2.05) is 0 Å². The summed E-state index contributed by atoms with van der Waals surface area (Å²) in [4.78, 5) is 16.2. The van der Waals surface area contributed by atoms with E-state index in [1.54, 1.807) is 4.90 Å². The van der Waals surface area contributed by atoms with Gasteiger partial charge in [-0.15, -0.1) is 0 Å². The van der Waals surface area contributed by atoms with Crippen molar-refractivity contribution >= 4 is 5.82 Å². The number of piperazine rings is 1. The van der Waals surface area contributed by atoms with Gasteiger partial charge in [-0.25, -0.2) is 9.89 Å². The molecule has 0 unspecified atom stereocenters. The van der Waals surface area contributed by atoms with Gasteiger partial charge >= 0.3 is 5.69 Å². The van der Waals surface area contributed by atoms with Crippen LogP contribution in [0.2, 0.25) is 0 Å². The predicted octanol–water partition coefficient (Wildman–Crippen LogP) is -3.96. The molecule has 0 atom stereocenters. The van der Waals surface area contributed by atoms with Crippen LogP contribution in [-0.4, -0.2) is 54.4 Å². The zero-order valence-electron chi connectivity index (χ0n) is 9.20. The number of aromatic amines is 1. The molecule has 1 aromatic heterocycles. The summed E-state index contributed by atoms with van der Waals surface area (Å²) in [5.41, 5.74) is -0.412. The van der Waals surface area contributed by atoms with E-state index in [0.29, 0.717) is 5.82 Å². The van der Waals surface area contributed by atoms with Gasteiger partial charge in [0.1, 0.15) is 26.2 Å². The Labute approximate surface area is 93.3 Å². The zero-order chi connectivity index (χ0) is 11.2. The molecule has 0 radical (unpaired) electrons. The molecule has 0 spiro atoms. The van der Waals surface area contributed by atoms with Gasteiger partial charge in [-0.2, -0.15) is 10.1 Å². The third kappa shape index (κ3) is 3.28. The van der Waals surface area contributed by atoms with Gasteiger partial charge < -0.3 is 15.5 Å². The Morgan fingerprint density at radius 3 is 3.06 bits per heavy atom. The molecule has 1 saturated heterocycles.